The normalized spacial score (nSPS) is 19.3. The maximum Gasteiger partial charge on any atom is 0.360 e. The molecule has 2 rings (SSSR count). The molecule has 5 nitrogen and oxygen atoms in total. The van der Waals surface area contributed by atoms with Gasteiger partial charge in [0.05, 0.1) is 0 Å². The van der Waals surface area contributed by atoms with Crippen LogP contribution in [0.15, 0.2) is 16.9 Å². The lowest BCUT2D eigenvalue weighted by Gasteiger charge is -2.27. The summed E-state index contributed by atoms with van der Waals surface area (Å²) in [6, 6.07) is 1.50. The molecule has 16 heavy (non-hydrogen) atoms. The first-order chi connectivity index (χ1) is 7.77. The van der Waals surface area contributed by atoms with Crippen molar-refractivity contribution in [1.82, 2.24) is 5.16 Å². The Balaban J connectivity index is 1.86. The van der Waals surface area contributed by atoms with Crippen LogP contribution in [-0.2, 0) is 9.47 Å². The van der Waals surface area contributed by atoms with Gasteiger partial charge in [0, 0.05) is 25.2 Å². The van der Waals surface area contributed by atoms with E-state index >= 15 is 0 Å². The smallest absolute Gasteiger partial charge is 0.360 e. The van der Waals surface area contributed by atoms with Gasteiger partial charge in [-0.25, -0.2) is 4.79 Å². The van der Waals surface area contributed by atoms with Gasteiger partial charge >= 0.3 is 5.97 Å². The Morgan fingerprint density at radius 2 is 2.31 bits per heavy atom. The number of ether oxygens (including phenoxy) is 2. The van der Waals surface area contributed by atoms with E-state index < -0.39 is 5.97 Å². The second-order valence-electron chi connectivity index (χ2n) is 3.94. The molecule has 0 amide bonds. The van der Waals surface area contributed by atoms with Crippen LogP contribution in [0.25, 0.3) is 0 Å². The van der Waals surface area contributed by atoms with Gasteiger partial charge in [0.2, 0.25) is 0 Å². The highest BCUT2D eigenvalue weighted by molar-refractivity contribution is 5.86. The van der Waals surface area contributed by atoms with Gasteiger partial charge in [0.1, 0.15) is 12.4 Å². The van der Waals surface area contributed by atoms with E-state index in [0.29, 0.717) is 5.92 Å². The van der Waals surface area contributed by atoms with Gasteiger partial charge in [0.25, 0.3) is 0 Å². The van der Waals surface area contributed by atoms with Gasteiger partial charge < -0.3 is 14.0 Å². The number of hydrogen-bond donors (Lipinski definition) is 0. The zero-order valence-corrected chi connectivity index (χ0v) is 9.22. The van der Waals surface area contributed by atoms with Crippen LogP contribution >= 0.6 is 0 Å². The average molecular weight is 225 g/mol. The molecule has 1 aromatic heterocycles. The fourth-order valence-electron chi connectivity index (χ4n) is 1.83. The summed E-state index contributed by atoms with van der Waals surface area (Å²) in [5.41, 5.74) is 0.221. The zero-order valence-electron chi connectivity index (χ0n) is 9.22. The first kappa shape index (κ1) is 11.1. The first-order valence-corrected chi connectivity index (χ1v) is 5.46. The zero-order chi connectivity index (χ0) is 11.4. The molecule has 0 aliphatic carbocycles. The highest BCUT2D eigenvalue weighted by atomic mass is 16.5. The second-order valence-corrected chi connectivity index (χ2v) is 3.94. The Hall–Kier alpha value is -1.36. The number of rotatable bonds is 3. The highest BCUT2D eigenvalue weighted by Crippen LogP contribution is 2.21. The molecule has 0 radical (unpaired) electrons. The van der Waals surface area contributed by atoms with Crippen molar-refractivity contribution in [2.75, 3.05) is 13.2 Å². The Bertz CT molecular complexity index is 330. The molecule has 1 unspecified atom stereocenters. The van der Waals surface area contributed by atoms with Crippen LogP contribution in [-0.4, -0.2) is 30.4 Å². The van der Waals surface area contributed by atoms with Gasteiger partial charge in [-0.05, 0) is 19.8 Å². The van der Waals surface area contributed by atoms with Gasteiger partial charge in [-0.2, -0.15) is 0 Å². The van der Waals surface area contributed by atoms with Crippen LogP contribution in [0.4, 0.5) is 0 Å². The monoisotopic (exact) mass is 225 g/mol. The minimum atomic E-state index is -0.423. The van der Waals surface area contributed by atoms with E-state index in [1.54, 1.807) is 0 Å². The lowest BCUT2D eigenvalue weighted by molar-refractivity contribution is -0.0124. The summed E-state index contributed by atoms with van der Waals surface area (Å²) in [5.74, 6) is -0.0441. The Morgan fingerprint density at radius 3 is 2.94 bits per heavy atom. The van der Waals surface area contributed by atoms with Crippen LogP contribution < -0.4 is 0 Å². The van der Waals surface area contributed by atoms with E-state index in [-0.39, 0.29) is 11.8 Å². The van der Waals surface area contributed by atoms with Gasteiger partial charge in [0.15, 0.2) is 5.69 Å². The molecule has 1 atom stereocenters. The van der Waals surface area contributed by atoms with E-state index in [2.05, 4.69) is 9.68 Å². The van der Waals surface area contributed by atoms with Crippen molar-refractivity contribution >= 4 is 5.97 Å². The van der Waals surface area contributed by atoms with Crippen molar-refractivity contribution in [3.8, 4) is 0 Å². The number of esters is 1. The molecule has 0 saturated carbocycles. The summed E-state index contributed by atoms with van der Waals surface area (Å²) < 4.78 is 15.2. The van der Waals surface area contributed by atoms with Crippen LogP contribution in [0.5, 0.6) is 0 Å². The van der Waals surface area contributed by atoms with Gasteiger partial charge in [-0.1, -0.05) is 5.16 Å². The van der Waals surface area contributed by atoms with Crippen molar-refractivity contribution in [1.29, 1.82) is 0 Å². The van der Waals surface area contributed by atoms with Crippen LogP contribution in [0.3, 0.4) is 0 Å². The minimum Gasteiger partial charge on any atom is -0.458 e. The standard InChI is InChI=1S/C11H15NO4/c1-8(9-2-5-14-6-3-9)16-11(13)10-4-7-15-12-10/h4,7-9H,2-3,5-6H2,1H3. The van der Waals surface area contributed by atoms with Crippen molar-refractivity contribution in [3.05, 3.63) is 18.0 Å². The third kappa shape index (κ3) is 2.61. The molecule has 1 aliphatic heterocycles. The molecule has 5 heteroatoms. The minimum absolute atomic E-state index is 0.104. The summed E-state index contributed by atoms with van der Waals surface area (Å²) in [6.07, 6.45) is 3.13. The largest absolute Gasteiger partial charge is 0.458 e. The van der Waals surface area contributed by atoms with Crippen LogP contribution in [0.1, 0.15) is 30.3 Å². The number of aromatic nitrogens is 1. The van der Waals surface area contributed by atoms with E-state index in [4.69, 9.17) is 9.47 Å². The Labute approximate surface area is 93.7 Å². The molecule has 0 bridgehead atoms. The summed E-state index contributed by atoms with van der Waals surface area (Å²) >= 11 is 0. The SMILES string of the molecule is CC(OC(=O)c1ccon1)C1CCOCC1. The van der Waals surface area contributed by atoms with Crippen molar-refractivity contribution < 1.29 is 18.8 Å². The number of carbonyl (C=O) groups excluding carboxylic acids is 1. The fourth-order valence-corrected chi connectivity index (χ4v) is 1.83. The van der Waals surface area contributed by atoms with Crippen molar-refractivity contribution in [3.63, 3.8) is 0 Å². The number of carbonyl (C=O) groups is 1. The Morgan fingerprint density at radius 1 is 1.56 bits per heavy atom. The number of nitrogens with zero attached hydrogens (tertiary/aromatic N) is 1. The summed E-state index contributed by atoms with van der Waals surface area (Å²) in [5, 5.41) is 3.54. The maximum atomic E-state index is 11.6. The van der Waals surface area contributed by atoms with Crippen LogP contribution in [0.2, 0.25) is 0 Å². The number of hydrogen-bond acceptors (Lipinski definition) is 5. The predicted molar refractivity (Wildman–Crippen MR) is 54.9 cm³/mol. The van der Waals surface area contributed by atoms with E-state index in [1.807, 2.05) is 6.92 Å². The third-order valence-electron chi connectivity index (χ3n) is 2.87. The molecule has 0 aromatic carbocycles. The molecule has 2 heterocycles. The van der Waals surface area contributed by atoms with E-state index in [9.17, 15) is 4.79 Å². The molecular formula is C11H15NO4. The second kappa shape index (κ2) is 5.12. The molecule has 1 saturated heterocycles. The van der Waals surface area contributed by atoms with Crippen molar-refractivity contribution in [2.24, 2.45) is 5.92 Å². The van der Waals surface area contributed by atoms with E-state index in [0.717, 1.165) is 26.1 Å². The summed E-state index contributed by atoms with van der Waals surface area (Å²) in [7, 11) is 0. The van der Waals surface area contributed by atoms with E-state index in [1.165, 1.54) is 12.3 Å². The van der Waals surface area contributed by atoms with Crippen molar-refractivity contribution in [2.45, 2.75) is 25.9 Å². The third-order valence-corrected chi connectivity index (χ3v) is 2.87. The molecule has 88 valence electrons. The quantitative estimate of drug-likeness (QED) is 0.732. The molecule has 1 fully saturated rings. The molecule has 0 spiro atoms. The maximum absolute atomic E-state index is 11.6. The summed E-state index contributed by atoms with van der Waals surface area (Å²) in [4.78, 5) is 11.6. The predicted octanol–water partition coefficient (Wildman–Crippen LogP) is 1.65. The average Bonchev–Trinajstić information content (AvgIpc) is 2.83. The van der Waals surface area contributed by atoms with Gasteiger partial charge in [-0.3, -0.25) is 0 Å². The first-order valence-electron chi connectivity index (χ1n) is 5.46. The Kier molecular flexibility index (Phi) is 3.56. The van der Waals surface area contributed by atoms with Crippen LogP contribution in [0, 0.1) is 5.92 Å². The lowest BCUT2D eigenvalue weighted by Crippen LogP contribution is -2.29. The lowest BCUT2D eigenvalue weighted by atomic mass is 9.95. The molecule has 1 aromatic rings. The molecule has 0 N–H and O–H groups in total. The topological polar surface area (TPSA) is 61.6 Å². The van der Waals surface area contributed by atoms with Gasteiger partial charge in [-0.15, -0.1) is 0 Å². The molecule has 1 aliphatic rings. The summed E-state index contributed by atoms with van der Waals surface area (Å²) in [6.45, 7) is 3.40. The fraction of sp³-hybridized carbons (Fsp3) is 0.636. The molecular weight excluding hydrogens is 210 g/mol. The highest BCUT2D eigenvalue weighted by Gasteiger charge is 2.24.